The Hall–Kier alpha value is -0.470. The van der Waals surface area contributed by atoms with E-state index in [1.807, 2.05) is 30.3 Å². The first-order valence-electron chi connectivity index (χ1n) is 3.97. The lowest BCUT2D eigenvalue weighted by molar-refractivity contribution is 0.0782. The maximum Gasteiger partial charge on any atom is 0.0748 e. The van der Waals surface area contributed by atoms with Crippen LogP contribution in [-0.2, 0) is 0 Å². The summed E-state index contributed by atoms with van der Waals surface area (Å²) >= 11 is 4.35. The Kier molecular flexibility index (Phi) is 2.80. The fourth-order valence-corrected chi connectivity index (χ4v) is 1.22. The van der Waals surface area contributed by atoms with Gasteiger partial charge in [0, 0.05) is 0 Å². The van der Waals surface area contributed by atoms with Crippen molar-refractivity contribution < 1.29 is 5.11 Å². The molecule has 0 aliphatic carbocycles. The van der Waals surface area contributed by atoms with Crippen LogP contribution >= 0.6 is 12.6 Å². The molecule has 0 saturated heterocycles. The largest absolute Gasteiger partial charge is 0.389 e. The average Bonchev–Trinajstić information content (AvgIpc) is 2.03. The molecule has 12 heavy (non-hydrogen) atoms. The van der Waals surface area contributed by atoms with E-state index in [9.17, 15) is 5.11 Å². The van der Waals surface area contributed by atoms with Crippen molar-refractivity contribution in [3.63, 3.8) is 0 Å². The molecule has 0 radical (unpaired) electrons. The Morgan fingerprint density at radius 1 is 1.25 bits per heavy atom. The van der Waals surface area contributed by atoms with Gasteiger partial charge in [-0.3, -0.25) is 0 Å². The molecule has 0 spiro atoms. The topological polar surface area (TPSA) is 20.2 Å². The first kappa shape index (κ1) is 9.62. The summed E-state index contributed by atoms with van der Waals surface area (Å²) in [5.41, 5.74) is 0.276. The molecular weight excluding hydrogens is 168 g/mol. The molecule has 1 aromatic carbocycles. The number of hydrogen-bond acceptors (Lipinski definition) is 2. The Morgan fingerprint density at radius 2 is 1.75 bits per heavy atom. The van der Waals surface area contributed by atoms with Gasteiger partial charge in [-0.2, -0.15) is 12.6 Å². The predicted molar refractivity (Wildman–Crippen MR) is 54.5 cm³/mol. The molecule has 0 aliphatic heterocycles. The van der Waals surface area contributed by atoms with Crippen LogP contribution in [0.3, 0.4) is 0 Å². The van der Waals surface area contributed by atoms with Gasteiger partial charge in [-0.05, 0) is 19.4 Å². The van der Waals surface area contributed by atoms with Gasteiger partial charge in [0.15, 0.2) is 0 Å². The van der Waals surface area contributed by atoms with Gasteiger partial charge in [0.2, 0.25) is 0 Å². The Labute approximate surface area is 78.8 Å². The normalized spacial score (nSPS) is 14.3. The molecular formula is C10H14OS. The van der Waals surface area contributed by atoms with E-state index in [0.717, 1.165) is 5.56 Å². The smallest absolute Gasteiger partial charge is 0.0748 e. The minimum atomic E-state index is -0.773. The number of benzene rings is 1. The van der Waals surface area contributed by atoms with Gasteiger partial charge in [-0.25, -0.2) is 0 Å². The predicted octanol–water partition coefficient (Wildman–Crippen LogP) is 2.43. The summed E-state index contributed by atoms with van der Waals surface area (Å²) in [4.78, 5) is 0. The molecule has 1 nitrogen and oxygen atoms in total. The molecule has 1 atom stereocenters. The second kappa shape index (κ2) is 3.50. The zero-order chi connectivity index (χ0) is 9.19. The lowest BCUT2D eigenvalue weighted by Crippen LogP contribution is -2.24. The van der Waals surface area contributed by atoms with E-state index in [1.54, 1.807) is 13.8 Å². The lowest BCUT2D eigenvalue weighted by Gasteiger charge is -2.25. The zero-order valence-corrected chi connectivity index (χ0v) is 8.25. The molecule has 1 N–H and O–H groups in total. The van der Waals surface area contributed by atoms with Crippen molar-refractivity contribution in [2.75, 3.05) is 0 Å². The van der Waals surface area contributed by atoms with Crippen molar-refractivity contribution in [2.45, 2.75) is 24.7 Å². The Morgan fingerprint density at radius 3 is 2.17 bits per heavy atom. The minimum absolute atomic E-state index is 0.126. The third-order valence-corrected chi connectivity index (χ3v) is 2.71. The molecule has 0 aliphatic rings. The fourth-order valence-electron chi connectivity index (χ4n) is 1.04. The van der Waals surface area contributed by atoms with E-state index in [0.29, 0.717) is 0 Å². The summed E-state index contributed by atoms with van der Waals surface area (Å²) in [6, 6.07) is 9.79. The second-order valence-electron chi connectivity index (χ2n) is 3.47. The summed E-state index contributed by atoms with van der Waals surface area (Å²) in [5.74, 6) is 0. The van der Waals surface area contributed by atoms with Crippen molar-refractivity contribution in [2.24, 2.45) is 0 Å². The molecule has 2 heteroatoms. The van der Waals surface area contributed by atoms with Crippen LogP contribution in [0.4, 0.5) is 0 Å². The molecule has 0 heterocycles. The third kappa shape index (κ3) is 2.26. The van der Waals surface area contributed by atoms with Crippen molar-refractivity contribution in [3.05, 3.63) is 35.9 Å². The van der Waals surface area contributed by atoms with Crippen LogP contribution < -0.4 is 0 Å². The van der Waals surface area contributed by atoms with Crippen LogP contribution in [0.25, 0.3) is 0 Å². The lowest BCUT2D eigenvalue weighted by atomic mass is 9.98. The summed E-state index contributed by atoms with van der Waals surface area (Å²) < 4.78 is 0. The number of rotatable bonds is 2. The monoisotopic (exact) mass is 182 g/mol. The van der Waals surface area contributed by atoms with E-state index in [2.05, 4.69) is 12.6 Å². The van der Waals surface area contributed by atoms with E-state index in [4.69, 9.17) is 0 Å². The average molecular weight is 182 g/mol. The van der Waals surface area contributed by atoms with Gasteiger partial charge < -0.3 is 5.11 Å². The SMILES string of the molecule is CC(C)(O)C(S)c1ccccc1. The second-order valence-corrected chi connectivity index (χ2v) is 3.98. The molecule has 66 valence electrons. The van der Waals surface area contributed by atoms with E-state index in [1.165, 1.54) is 0 Å². The molecule has 1 unspecified atom stereocenters. The third-order valence-electron chi connectivity index (χ3n) is 1.78. The summed E-state index contributed by atoms with van der Waals surface area (Å²) in [5, 5.41) is 9.54. The van der Waals surface area contributed by atoms with Crippen LogP contribution in [0.2, 0.25) is 0 Å². The van der Waals surface area contributed by atoms with Gasteiger partial charge in [-0.1, -0.05) is 30.3 Å². The molecule has 0 aromatic heterocycles. The van der Waals surface area contributed by atoms with Gasteiger partial charge in [-0.15, -0.1) is 0 Å². The Bertz CT molecular complexity index is 238. The van der Waals surface area contributed by atoms with E-state index >= 15 is 0 Å². The number of aliphatic hydroxyl groups is 1. The number of thiol groups is 1. The molecule has 0 fully saturated rings. The molecule has 1 rings (SSSR count). The van der Waals surface area contributed by atoms with Crippen LogP contribution in [0.1, 0.15) is 24.7 Å². The zero-order valence-electron chi connectivity index (χ0n) is 7.36. The van der Waals surface area contributed by atoms with E-state index < -0.39 is 5.60 Å². The first-order valence-corrected chi connectivity index (χ1v) is 4.49. The molecule has 0 amide bonds. The van der Waals surface area contributed by atoms with E-state index in [-0.39, 0.29) is 5.25 Å². The summed E-state index contributed by atoms with van der Waals surface area (Å²) in [6.07, 6.45) is 0. The summed E-state index contributed by atoms with van der Waals surface area (Å²) in [7, 11) is 0. The van der Waals surface area contributed by atoms with Crippen LogP contribution in [0, 0.1) is 0 Å². The maximum absolute atomic E-state index is 9.66. The highest BCUT2D eigenvalue weighted by atomic mass is 32.1. The van der Waals surface area contributed by atoms with Crippen molar-refractivity contribution in [1.82, 2.24) is 0 Å². The van der Waals surface area contributed by atoms with Gasteiger partial charge >= 0.3 is 0 Å². The van der Waals surface area contributed by atoms with Crippen LogP contribution in [-0.4, -0.2) is 10.7 Å². The van der Waals surface area contributed by atoms with Gasteiger partial charge in [0.25, 0.3) is 0 Å². The van der Waals surface area contributed by atoms with Crippen molar-refractivity contribution in [1.29, 1.82) is 0 Å². The Balaban J connectivity index is 2.86. The van der Waals surface area contributed by atoms with Crippen molar-refractivity contribution in [3.8, 4) is 0 Å². The highest BCUT2D eigenvalue weighted by molar-refractivity contribution is 7.80. The quantitative estimate of drug-likeness (QED) is 0.673. The number of hydrogen-bond donors (Lipinski definition) is 2. The van der Waals surface area contributed by atoms with Crippen LogP contribution in [0.15, 0.2) is 30.3 Å². The van der Waals surface area contributed by atoms with Crippen molar-refractivity contribution >= 4 is 12.6 Å². The maximum atomic E-state index is 9.66. The molecule has 1 aromatic rings. The molecule has 0 saturated carbocycles. The highest BCUT2D eigenvalue weighted by Gasteiger charge is 2.24. The standard InChI is InChI=1S/C10H14OS/c1-10(2,11)9(12)8-6-4-3-5-7-8/h3-7,9,11-12H,1-2H3. The summed E-state index contributed by atoms with van der Waals surface area (Å²) in [6.45, 7) is 3.52. The highest BCUT2D eigenvalue weighted by Crippen LogP contribution is 2.30. The minimum Gasteiger partial charge on any atom is -0.389 e. The fraction of sp³-hybridized carbons (Fsp3) is 0.400. The van der Waals surface area contributed by atoms with Gasteiger partial charge in [0.1, 0.15) is 0 Å². The van der Waals surface area contributed by atoms with Crippen LogP contribution in [0.5, 0.6) is 0 Å². The van der Waals surface area contributed by atoms with Gasteiger partial charge in [0.05, 0.1) is 10.9 Å². The molecule has 0 bridgehead atoms. The first-order chi connectivity index (χ1) is 5.52.